The van der Waals surface area contributed by atoms with E-state index in [9.17, 15) is 4.79 Å². The number of pyridine rings is 1. The maximum atomic E-state index is 12.9. The van der Waals surface area contributed by atoms with Gasteiger partial charge in [0, 0.05) is 5.39 Å². The molecule has 0 aliphatic heterocycles. The fourth-order valence-corrected chi connectivity index (χ4v) is 3.13. The number of ether oxygens (including phenoxy) is 2. The molecule has 2 aromatic heterocycles. The minimum absolute atomic E-state index is 0.0311. The molecule has 5 heteroatoms. The Labute approximate surface area is 156 Å². The standard InChI is InChI=1S/C22H16N2O3/c23-12-13-26-17-10-11-20-21(18-8-4-5-9-19(18)24(20)14-17)22(25)27-15-16-6-2-1-3-7-16/h1-11,14H,13,15H2. The molecule has 27 heavy (non-hydrogen) atoms. The molecule has 4 rings (SSSR count). The predicted molar refractivity (Wildman–Crippen MR) is 102 cm³/mol. The van der Waals surface area contributed by atoms with E-state index in [1.165, 1.54) is 0 Å². The molecular formula is C22H16N2O3. The zero-order valence-electron chi connectivity index (χ0n) is 14.5. The highest BCUT2D eigenvalue weighted by Crippen LogP contribution is 2.29. The number of nitriles is 1. The van der Waals surface area contributed by atoms with Crippen LogP contribution in [0.4, 0.5) is 0 Å². The molecule has 0 fully saturated rings. The van der Waals surface area contributed by atoms with Gasteiger partial charge in [-0.2, -0.15) is 5.26 Å². The van der Waals surface area contributed by atoms with Crippen molar-refractivity contribution in [2.75, 3.05) is 6.61 Å². The van der Waals surface area contributed by atoms with Gasteiger partial charge < -0.3 is 13.9 Å². The van der Waals surface area contributed by atoms with Gasteiger partial charge in [0.25, 0.3) is 0 Å². The topological polar surface area (TPSA) is 63.7 Å². The van der Waals surface area contributed by atoms with Gasteiger partial charge in [0.2, 0.25) is 0 Å². The summed E-state index contributed by atoms with van der Waals surface area (Å²) in [6.07, 6.45) is 1.78. The molecule has 2 aromatic carbocycles. The Kier molecular flexibility index (Phi) is 4.46. The zero-order valence-corrected chi connectivity index (χ0v) is 14.5. The molecule has 0 saturated carbocycles. The van der Waals surface area contributed by atoms with E-state index >= 15 is 0 Å². The first-order valence-corrected chi connectivity index (χ1v) is 8.51. The summed E-state index contributed by atoms with van der Waals surface area (Å²) in [5.74, 6) is 0.192. The summed E-state index contributed by atoms with van der Waals surface area (Å²) in [7, 11) is 0. The van der Waals surface area contributed by atoms with Crippen molar-refractivity contribution in [1.29, 1.82) is 5.26 Å². The summed E-state index contributed by atoms with van der Waals surface area (Å²) in [5, 5.41) is 9.51. The van der Waals surface area contributed by atoms with Crippen molar-refractivity contribution in [3.8, 4) is 11.8 Å². The smallest absolute Gasteiger partial charge is 0.341 e. The van der Waals surface area contributed by atoms with Gasteiger partial charge in [-0.1, -0.05) is 48.5 Å². The number of aromatic nitrogens is 1. The van der Waals surface area contributed by atoms with Gasteiger partial charge in [-0.05, 0) is 23.8 Å². The molecule has 0 bridgehead atoms. The average Bonchev–Trinajstić information content (AvgIpc) is 3.05. The quantitative estimate of drug-likeness (QED) is 0.499. The molecule has 0 atom stereocenters. The van der Waals surface area contributed by atoms with Gasteiger partial charge in [0.05, 0.1) is 22.8 Å². The SMILES string of the molecule is N#CCOc1ccc2c(C(=O)OCc3ccccc3)c3ccccc3n2c1. The summed E-state index contributed by atoms with van der Waals surface area (Å²) in [6.45, 7) is 0.186. The molecule has 0 aliphatic carbocycles. The Morgan fingerprint density at radius 3 is 2.56 bits per heavy atom. The number of esters is 1. The van der Waals surface area contributed by atoms with Crippen LogP contribution in [-0.4, -0.2) is 17.0 Å². The van der Waals surface area contributed by atoms with Gasteiger partial charge >= 0.3 is 5.97 Å². The zero-order chi connectivity index (χ0) is 18.6. The van der Waals surface area contributed by atoms with E-state index < -0.39 is 0 Å². The third-order valence-corrected chi connectivity index (χ3v) is 4.33. The van der Waals surface area contributed by atoms with Crippen LogP contribution in [-0.2, 0) is 11.3 Å². The lowest BCUT2D eigenvalue weighted by Gasteiger charge is -2.06. The Morgan fingerprint density at radius 2 is 1.74 bits per heavy atom. The van der Waals surface area contributed by atoms with Crippen molar-refractivity contribution >= 4 is 22.4 Å². The van der Waals surface area contributed by atoms with Crippen molar-refractivity contribution in [3.63, 3.8) is 0 Å². The number of fused-ring (bicyclic) bond motifs is 3. The lowest BCUT2D eigenvalue weighted by molar-refractivity contribution is 0.0477. The predicted octanol–water partition coefficient (Wildman–Crippen LogP) is 4.35. The highest BCUT2D eigenvalue weighted by molar-refractivity contribution is 6.11. The first-order chi connectivity index (χ1) is 13.3. The Balaban J connectivity index is 1.74. The first-order valence-electron chi connectivity index (χ1n) is 8.51. The summed E-state index contributed by atoms with van der Waals surface area (Å²) in [5.41, 5.74) is 3.07. The molecular weight excluding hydrogens is 340 g/mol. The Bertz CT molecular complexity index is 1160. The third kappa shape index (κ3) is 3.21. The van der Waals surface area contributed by atoms with Crippen LogP contribution in [0.15, 0.2) is 72.9 Å². The van der Waals surface area contributed by atoms with E-state index in [4.69, 9.17) is 14.7 Å². The summed E-state index contributed by atoms with van der Waals surface area (Å²) < 4.78 is 12.8. The van der Waals surface area contributed by atoms with Crippen molar-refractivity contribution in [2.24, 2.45) is 0 Å². The third-order valence-electron chi connectivity index (χ3n) is 4.33. The molecule has 0 N–H and O–H groups in total. The van der Waals surface area contributed by atoms with Crippen molar-refractivity contribution in [1.82, 2.24) is 4.40 Å². The van der Waals surface area contributed by atoms with Crippen LogP contribution in [0.5, 0.6) is 5.75 Å². The number of carbonyl (C=O) groups excluding carboxylic acids is 1. The number of rotatable bonds is 5. The van der Waals surface area contributed by atoms with Crippen LogP contribution in [0.25, 0.3) is 16.4 Å². The molecule has 0 amide bonds. The van der Waals surface area contributed by atoms with Crippen LogP contribution in [0, 0.1) is 11.3 Å². The van der Waals surface area contributed by atoms with E-state index in [0.29, 0.717) is 11.3 Å². The Hall–Kier alpha value is -3.78. The lowest BCUT2D eigenvalue weighted by atomic mass is 10.1. The Morgan fingerprint density at radius 1 is 0.963 bits per heavy atom. The molecule has 0 unspecified atom stereocenters. The van der Waals surface area contributed by atoms with Crippen molar-refractivity contribution < 1.29 is 14.3 Å². The summed E-state index contributed by atoms with van der Waals surface area (Å²) >= 11 is 0. The van der Waals surface area contributed by atoms with Gasteiger partial charge in [-0.25, -0.2) is 4.79 Å². The number of carbonyl (C=O) groups is 1. The van der Waals surface area contributed by atoms with Gasteiger partial charge in [0.1, 0.15) is 18.4 Å². The molecule has 0 aliphatic rings. The maximum Gasteiger partial charge on any atom is 0.341 e. The maximum absolute atomic E-state index is 12.9. The van der Waals surface area contributed by atoms with Gasteiger partial charge in [-0.15, -0.1) is 0 Å². The molecule has 0 saturated heterocycles. The molecule has 0 radical (unpaired) electrons. The second-order valence-corrected chi connectivity index (χ2v) is 6.02. The van der Waals surface area contributed by atoms with Crippen LogP contribution in [0.2, 0.25) is 0 Å². The van der Waals surface area contributed by atoms with Crippen LogP contribution < -0.4 is 4.74 Å². The number of benzene rings is 2. The van der Waals surface area contributed by atoms with Crippen molar-refractivity contribution in [2.45, 2.75) is 6.61 Å². The highest BCUT2D eigenvalue weighted by Gasteiger charge is 2.19. The lowest BCUT2D eigenvalue weighted by Crippen LogP contribution is -2.05. The van der Waals surface area contributed by atoms with Gasteiger partial charge in [-0.3, -0.25) is 0 Å². The van der Waals surface area contributed by atoms with E-state index in [-0.39, 0.29) is 19.2 Å². The number of nitrogens with zero attached hydrogens (tertiary/aromatic N) is 2. The molecule has 0 spiro atoms. The summed E-state index contributed by atoms with van der Waals surface area (Å²) in [4.78, 5) is 12.9. The monoisotopic (exact) mass is 356 g/mol. The molecule has 4 aromatic rings. The minimum Gasteiger partial charge on any atom is -0.477 e. The second kappa shape index (κ2) is 7.22. The van der Waals surface area contributed by atoms with E-state index in [0.717, 1.165) is 22.0 Å². The molecule has 132 valence electrons. The van der Waals surface area contributed by atoms with E-state index in [2.05, 4.69) is 0 Å². The van der Waals surface area contributed by atoms with Crippen LogP contribution in [0.1, 0.15) is 15.9 Å². The molecule has 2 heterocycles. The summed E-state index contributed by atoms with van der Waals surface area (Å²) in [6, 6.07) is 22.7. The second-order valence-electron chi connectivity index (χ2n) is 6.02. The number of para-hydroxylation sites is 1. The normalized spacial score (nSPS) is 10.6. The van der Waals surface area contributed by atoms with Crippen molar-refractivity contribution in [3.05, 3.63) is 84.1 Å². The fraction of sp³-hybridized carbons (Fsp3) is 0.0909. The van der Waals surface area contributed by atoms with Gasteiger partial charge in [0.15, 0.2) is 6.61 Å². The first kappa shape index (κ1) is 16.7. The van der Waals surface area contributed by atoms with Crippen LogP contribution >= 0.6 is 0 Å². The number of hydrogen-bond donors (Lipinski definition) is 0. The largest absolute Gasteiger partial charge is 0.477 e. The van der Waals surface area contributed by atoms with E-state index in [1.54, 1.807) is 12.3 Å². The average molecular weight is 356 g/mol. The van der Waals surface area contributed by atoms with Crippen LogP contribution in [0.3, 0.4) is 0 Å². The number of hydrogen-bond acceptors (Lipinski definition) is 4. The minimum atomic E-state index is -0.372. The van der Waals surface area contributed by atoms with E-state index in [1.807, 2.05) is 71.1 Å². The highest BCUT2D eigenvalue weighted by atomic mass is 16.5. The fourth-order valence-electron chi connectivity index (χ4n) is 3.13. The molecule has 5 nitrogen and oxygen atoms in total.